The SMILES string of the molecule is Cc1oc2nc[nH]c(=O)c2c1C(=O)Nc1nnc(SCc2cccs2)s1. The van der Waals surface area contributed by atoms with Gasteiger partial charge in [0.25, 0.3) is 11.5 Å². The van der Waals surface area contributed by atoms with E-state index < -0.39 is 11.5 Å². The number of nitrogens with one attached hydrogen (secondary N) is 2. The number of fused-ring (bicyclic) bond motifs is 1. The number of thioether (sulfide) groups is 1. The molecule has 26 heavy (non-hydrogen) atoms. The van der Waals surface area contributed by atoms with Gasteiger partial charge in [0, 0.05) is 10.6 Å². The molecule has 0 spiro atoms. The molecule has 2 N–H and O–H groups in total. The predicted octanol–water partition coefficient (Wildman–Crippen LogP) is 3.28. The largest absolute Gasteiger partial charge is 0.442 e. The molecule has 0 fully saturated rings. The van der Waals surface area contributed by atoms with Gasteiger partial charge in [0.15, 0.2) is 4.34 Å². The van der Waals surface area contributed by atoms with Crippen molar-refractivity contribution in [2.24, 2.45) is 0 Å². The molecule has 0 aromatic carbocycles. The number of hydrogen-bond acceptors (Lipinski definition) is 9. The van der Waals surface area contributed by atoms with E-state index in [2.05, 4.69) is 31.5 Å². The van der Waals surface area contributed by atoms with Crippen LogP contribution in [-0.2, 0) is 5.75 Å². The Morgan fingerprint density at radius 2 is 2.31 bits per heavy atom. The van der Waals surface area contributed by atoms with Gasteiger partial charge in [0.05, 0.1) is 11.9 Å². The van der Waals surface area contributed by atoms with Gasteiger partial charge in [-0.15, -0.1) is 21.5 Å². The van der Waals surface area contributed by atoms with Crippen LogP contribution in [0, 0.1) is 6.92 Å². The van der Waals surface area contributed by atoms with Crippen molar-refractivity contribution in [1.29, 1.82) is 0 Å². The summed E-state index contributed by atoms with van der Waals surface area (Å²) >= 11 is 4.51. The molecule has 11 heteroatoms. The summed E-state index contributed by atoms with van der Waals surface area (Å²) in [6.45, 7) is 1.61. The van der Waals surface area contributed by atoms with Crippen molar-refractivity contribution in [3.63, 3.8) is 0 Å². The van der Waals surface area contributed by atoms with Gasteiger partial charge in [-0.3, -0.25) is 14.9 Å². The summed E-state index contributed by atoms with van der Waals surface area (Å²) in [6, 6.07) is 4.06. The van der Waals surface area contributed by atoms with Gasteiger partial charge in [0.2, 0.25) is 10.8 Å². The molecule has 1 amide bonds. The van der Waals surface area contributed by atoms with Gasteiger partial charge in [-0.05, 0) is 18.4 Å². The standard InChI is InChI=1S/C15H11N5O3S3/c1-7-9(10-11(21)16-6-17-13(10)23-7)12(22)18-14-19-20-15(26-14)25-5-8-3-2-4-24-8/h2-4,6H,5H2,1H3,(H,16,17,21)(H,18,19,22). The zero-order chi connectivity index (χ0) is 18.1. The summed E-state index contributed by atoms with van der Waals surface area (Å²) in [5.41, 5.74) is -0.153. The van der Waals surface area contributed by atoms with E-state index in [1.54, 1.807) is 30.0 Å². The number of aromatic nitrogens is 4. The summed E-state index contributed by atoms with van der Waals surface area (Å²) in [4.78, 5) is 32.2. The Morgan fingerprint density at radius 3 is 3.12 bits per heavy atom. The van der Waals surface area contributed by atoms with Crippen LogP contribution in [0.2, 0.25) is 0 Å². The number of carbonyl (C=O) groups is 1. The third-order valence-corrected chi connectivity index (χ3v) is 6.52. The fourth-order valence-electron chi connectivity index (χ4n) is 2.33. The van der Waals surface area contributed by atoms with Crippen LogP contribution < -0.4 is 10.9 Å². The number of hydrogen-bond donors (Lipinski definition) is 2. The Labute approximate surface area is 158 Å². The van der Waals surface area contributed by atoms with E-state index in [0.717, 1.165) is 10.1 Å². The minimum atomic E-state index is -0.481. The second kappa shape index (κ2) is 7.02. The third kappa shape index (κ3) is 3.28. The molecule has 4 rings (SSSR count). The molecule has 4 heterocycles. The first kappa shape index (κ1) is 16.9. The van der Waals surface area contributed by atoms with Crippen molar-refractivity contribution in [3.8, 4) is 0 Å². The summed E-state index contributed by atoms with van der Waals surface area (Å²) in [5.74, 6) is 0.636. The summed E-state index contributed by atoms with van der Waals surface area (Å²) in [7, 11) is 0. The number of carbonyl (C=O) groups excluding carboxylic acids is 1. The van der Waals surface area contributed by atoms with Gasteiger partial charge in [-0.25, -0.2) is 4.98 Å². The second-order valence-electron chi connectivity index (χ2n) is 5.14. The van der Waals surface area contributed by atoms with Crippen molar-refractivity contribution >= 4 is 56.6 Å². The van der Waals surface area contributed by atoms with Crippen molar-refractivity contribution in [3.05, 3.63) is 50.4 Å². The van der Waals surface area contributed by atoms with Crippen LogP contribution >= 0.6 is 34.4 Å². The lowest BCUT2D eigenvalue weighted by molar-refractivity contribution is 0.102. The van der Waals surface area contributed by atoms with Gasteiger partial charge in [-0.2, -0.15) is 0 Å². The maximum Gasteiger partial charge on any atom is 0.262 e. The number of aromatic amines is 1. The summed E-state index contributed by atoms with van der Waals surface area (Å²) in [6.07, 6.45) is 1.23. The Morgan fingerprint density at radius 1 is 1.42 bits per heavy atom. The predicted molar refractivity (Wildman–Crippen MR) is 101 cm³/mol. The molecule has 4 aromatic rings. The average Bonchev–Trinajstić information content (AvgIpc) is 3.32. The van der Waals surface area contributed by atoms with Gasteiger partial charge in [0.1, 0.15) is 11.1 Å². The number of anilines is 1. The molecule has 0 saturated heterocycles. The van der Waals surface area contributed by atoms with E-state index in [0.29, 0.717) is 10.9 Å². The number of furan rings is 1. The van der Waals surface area contributed by atoms with Crippen LogP contribution in [0.15, 0.2) is 37.4 Å². The first-order chi connectivity index (χ1) is 12.6. The number of aryl methyl sites for hydroxylation is 1. The fraction of sp³-hybridized carbons (Fsp3) is 0.133. The number of rotatable bonds is 5. The highest BCUT2D eigenvalue weighted by Gasteiger charge is 2.22. The topological polar surface area (TPSA) is 114 Å². The average molecular weight is 405 g/mol. The molecular weight excluding hydrogens is 394 g/mol. The maximum absolute atomic E-state index is 12.6. The van der Waals surface area contributed by atoms with E-state index in [-0.39, 0.29) is 16.7 Å². The molecule has 0 unspecified atom stereocenters. The molecule has 0 radical (unpaired) electrons. The Balaban J connectivity index is 1.52. The highest BCUT2D eigenvalue weighted by Crippen LogP contribution is 2.30. The van der Waals surface area contributed by atoms with Crippen LogP contribution in [0.4, 0.5) is 5.13 Å². The summed E-state index contributed by atoms with van der Waals surface area (Å²) in [5, 5.41) is 13.2. The molecule has 4 aromatic heterocycles. The van der Waals surface area contributed by atoms with E-state index >= 15 is 0 Å². The minimum Gasteiger partial charge on any atom is -0.442 e. The monoisotopic (exact) mass is 405 g/mol. The van der Waals surface area contributed by atoms with Crippen LogP contribution in [0.5, 0.6) is 0 Å². The number of thiophene rings is 1. The molecule has 0 saturated carbocycles. The van der Waals surface area contributed by atoms with E-state index in [4.69, 9.17) is 4.42 Å². The van der Waals surface area contributed by atoms with Crippen molar-refractivity contribution in [1.82, 2.24) is 20.2 Å². The van der Waals surface area contributed by atoms with Crippen molar-refractivity contribution in [2.45, 2.75) is 17.0 Å². The normalized spacial score (nSPS) is 11.1. The van der Waals surface area contributed by atoms with E-state index in [9.17, 15) is 9.59 Å². The van der Waals surface area contributed by atoms with Crippen LogP contribution in [0.1, 0.15) is 21.0 Å². The molecule has 0 bridgehead atoms. The number of nitrogens with zero attached hydrogens (tertiary/aromatic N) is 3. The molecule has 0 aliphatic carbocycles. The zero-order valence-electron chi connectivity index (χ0n) is 13.3. The minimum absolute atomic E-state index is 0.124. The lowest BCUT2D eigenvalue weighted by Crippen LogP contribution is -2.16. The van der Waals surface area contributed by atoms with Gasteiger partial charge in [-0.1, -0.05) is 29.2 Å². The smallest absolute Gasteiger partial charge is 0.262 e. The van der Waals surface area contributed by atoms with E-state index in [1.807, 2.05) is 11.4 Å². The van der Waals surface area contributed by atoms with Crippen molar-refractivity contribution < 1.29 is 9.21 Å². The lowest BCUT2D eigenvalue weighted by atomic mass is 10.2. The van der Waals surface area contributed by atoms with Crippen molar-refractivity contribution in [2.75, 3.05) is 5.32 Å². The highest BCUT2D eigenvalue weighted by molar-refractivity contribution is 8.00. The molecule has 0 atom stereocenters. The number of amides is 1. The molecule has 0 aliphatic rings. The Kier molecular flexibility index (Phi) is 4.57. The highest BCUT2D eigenvalue weighted by atomic mass is 32.2. The Hall–Kier alpha value is -2.50. The molecule has 8 nitrogen and oxygen atoms in total. The van der Waals surface area contributed by atoms with E-state index in [1.165, 1.54) is 22.5 Å². The van der Waals surface area contributed by atoms with Gasteiger partial charge < -0.3 is 9.40 Å². The second-order valence-corrected chi connectivity index (χ2v) is 8.37. The first-order valence-electron chi connectivity index (χ1n) is 7.38. The Bertz CT molecular complexity index is 1130. The van der Waals surface area contributed by atoms with Gasteiger partial charge >= 0.3 is 0 Å². The number of H-pyrrole nitrogens is 1. The van der Waals surface area contributed by atoms with Crippen LogP contribution in [0.3, 0.4) is 0 Å². The third-order valence-electron chi connectivity index (χ3n) is 3.44. The molecule has 132 valence electrons. The maximum atomic E-state index is 12.6. The molecule has 0 aliphatic heterocycles. The van der Waals surface area contributed by atoms with Crippen LogP contribution in [0.25, 0.3) is 11.1 Å². The molecular formula is C15H11N5O3S3. The summed E-state index contributed by atoms with van der Waals surface area (Å²) < 4.78 is 6.15. The van der Waals surface area contributed by atoms with Crippen LogP contribution in [-0.4, -0.2) is 26.1 Å². The zero-order valence-corrected chi connectivity index (χ0v) is 15.8. The first-order valence-corrected chi connectivity index (χ1v) is 10.1. The quantitative estimate of drug-likeness (QED) is 0.387. The lowest BCUT2D eigenvalue weighted by Gasteiger charge is -1.99. The fourth-order valence-corrected chi connectivity index (χ4v) is 4.85.